The molecule has 1 aromatic heterocycles. The minimum atomic E-state index is 0.000687. The van der Waals surface area contributed by atoms with Crippen LogP contribution in [-0.2, 0) is 22.5 Å². The van der Waals surface area contributed by atoms with Gasteiger partial charge in [-0.1, -0.05) is 51.1 Å². The number of benzene rings is 1. The van der Waals surface area contributed by atoms with E-state index >= 15 is 0 Å². The molecule has 4 nitrogen and oxygen atoms in total. The highest BCUT2D eigenvalue weighted by molar-refractivity contribution is 7.15. The van der Waals surface area contributed by atoms with E-state index in [0.717, 1.165) is 24.5 Å². The summed E-state index contributed by atoms with van der Waals surface area (Å²) in [6.07, 6.45) is 3.39. The lowest BCUT2D eigenvalue weighted by molar-refractivity contribution is -0.149. The molecule has 0 spiro atoms. The molecule has 1 saturated carbocycles. The molecule has 2 heterocycles. The van der Waals surface area contributed by atoms with Gasteiger partial charge in [-0.2, -0.15) is 0 Å². The number of carbonyl (C=O) groups is 1. The number of ether oxygens (including phenoxy) is 1. The van der Waals surface area contributed by atoms with Crippen LogP contribution in [0.5, 0.6) is 0 Å². The van der Waals surface area contributed by atoms with Crippen molar-refractivity contribution in [1.29, 1.82) is 0 Å². The van der Waals surface area contributed by atoms with Crippen molar-refractivity contribution in [2.75, 3.05) is 5.32 Å². The Bertz CT molecular complexity index is 895. The fraction of sp³-hybridized carbons (Fsp3) is 0.565. The molecule has 2 aliphatic carbocycles. The molecule has 3 aliphatic rings. The van der Waals surface area contributed by atoms with Crippen LogP contribution in [0.4, 0.5) is 5.13 Å². The number of hydrogen-bond donors (Lipinski definition) is 1. The minimum absolute atomic E-state index is 0.000687. The van der Waals surface area contributed by atoms with E-state index in [1.54, 1.807) is 0 Å². The molecule has 5 heteroatoms. The number of anilines is 1. The molecule has 6 unspecified atom stereocenters. The Kier molecular flexibility index (Phi) is 4.27. The number of thiazole rings is 1. The third-order valence-electron chi connectivity index (χ3n) is 7.44. The van der Waals surface area contributed by atoms with Gasteiger partial charge in [0.1, 0.15) is 6.10 Å². The predicted molar refractivity (Wildman–Crippen MR) is 111 cm³/mol. The van der Waals surface area contributed by atoms with Crippen molar-refractivity contribution >= 4 is 22.4 Å². The second kappa shape index (κ2) is 6.58. The van der Waals surface area contributed by atoms with Gasteiger partial charge in [-0.3, -0.25) is 4.79 Å². The number of esters is 1. The SMILES string of the molecule is CC1C(=O)OC2C1CCC1(C)Cc3sc(NCc4ccccc4)nc3C(C)C21. The first-order chi connectivity index (χ1) is 13.5. The summed E-state index contributed by atoms with van der Waals surface area (Å²) in [5.41, 5.74) is 2.68. The van der Waals surface area contributed by atoms with E-state index in [9.17, 15) is 4.79 Å². The number of aromatic nitrogens is 1. The lowest BCUT2D eigenvalue weighted by Gasteiger charge is -2.51. The maximum absolute atomic E-state index is 12.2. The van der Waals surface area contributed by atoms with Crippen molar-refractivity contribution in [2.24, 2.45) is 23.2 Å². The van der Waals surface area contributed by atoms with E-state index in [2.05, 4.69) is 43.4 Å². The van der Waals surface area contributed by atoms with Crippen LogP contribution in [0.15, 0.2) is 30.3 Å². The summed E-state index contributed by atoms with van der Waals surface area (Å²) in [6, 6.07) is 10.4. The van der Waals surface area contributed by atoms with Crippen molar-refractivity contribution in [3.63, 3.8) is 0 Å². The van der Waals surface area contributed by atoms with Crippen molar-refractivity contribution in [1.82, 2.24) is 4.98 Å². The Hall–Kier alpha value is -1.88. The molecule has 0 radical (unpaired) electrons. The van der Waals surface area contributed by atoms with Crippen molar-refractivity contribution in [3.8, 4) is 0 Å². The molecule has 148 valence electrons. The average Bonchev–Trinajstić information content (AvgIpc) is 3.21. The van der Waals surface area contributed by atoms with Crippen molar-refractivity contribution in [2.45, 2.75) is 58.6 Å². The van der Waals surface area contributed by atoms with Crippen molar-refractivity contribution in [3.05, 3.63) is 46.5 Å². The van der Waals surface area contributed by atoms with E-state index in [-0.39, 0.29) is 23.4 Å². The number of fused-ring (bicyclic) bond motifs is 4. The highest BCUT2D eigenvalue weighted by Crippen LogP contribution is 2.59. The first-order valence-corrected chi connectivity index (χ1v) is 11.3. The largest absolute Gasteiger partial charge is 0.461 e. The molecular formula is C23H28N2O2S. The topological polar surface area (TPSA) is 51.2 Å². The molecule has 2 fully saturated rings. The van der Waals surface area contributed by atoms with Gasteiger partial charge in [-0.05, 0) is 30.2 Å². The molecule has 6 atom stereocenters. The third kappa shape index (κ3) is 2.78. The predicted octanol–water partition coefficient (Wildman–Crippen LogP) is 5.01. The number of carbonyl (C=O) groups excluding carboxylic acids is 1. The van der Waals surface area contributed by atoms with Crippen LogP contribution in [0, 0.1) is 23.2 Å². The molecule has 5 rings (SSSR count). The van der Waals surface area contributed by atoms with Crippen LogP contribution in [0.25, 0.3) is 0 Å². The average molecular weight is 397 g/mol. The molecule has 1 saturated heterocycles. The van der Waals surface area contributed by atoms with E-state index in [4.69, 9.17) is 9.72 Å². The second-order valence-corrected chi connectivity index (χ2v) is 10.3. The Labute approximate surface area is 170 Å². The first kappa shape index (κ1) is 18.2. The van der Waals surface area contributed by atoms with Gasteiger partial charge in [-0.15, -0.1) is 11.3 Å². The second-order valence-electron chi connectivity index (χ2n) is 9.20. The summed E-state index contributed by atoms with van der Waals surface area (Å²) in [5.74, 6) is 1.12. The fourth-order valence-corrected chi connectivity index (χ4v) is 7.19. The van der Waals surface area contributed by atoms with Gasteiger partial charge in [0, 0.05) is 29.2 Å². The van der Waals surface area contributed by atoms with Crippen LogP contribution < -0.4 is 5.32 Å². The number of nitrogens with zero attached hydrogens (tertiary/aromatic N) is 1. The highest BCUT2D eigenvalue weighted by atomic mass is 32.1. The summed E-state index contributed by atoms with van der Waals surface area (Å²) < 4.78 is 5.93. The summed E-state index contributed by atoms with van der Waals surface area (Å²) in [4.78, 5) is 18.7. The van der Waals surface area contributed by atoms with Crippen LogP contribution in [0.1, 0.15) is 55.7 Å². The zero-order valence-electron chi connectivity index (χ0n) is 16.8. The Morgan fingerprint density at radius 2 is 2.04 bits per heavy atom. The van der Waals surface area contributed by atoms with E-state index in [1.807, 2.05) is 24.3 Å². The highest BCUT2D eigenvalue weighted by Gasteiger charge is 2.58. The number of rotatable bonds is 3. The monoisotopic (exact) mass is 396 g/mol. The molecule has 1 N–H and O–H groups in total. The first-order valence-electron chi connectivity index (χ1n) is 10.4. The van der Waals surface area contributed by atoms with Crippen LogP contribution in [0.3, 0.4) is 0 Å². The van der Waals surface area contributed by atoms with Gasteiger partial charge in [0.25, 0.3) is 0 Å². The van der Waals surface area contributed by atoms with Gasteiger partial charge >= 0.3 is 5.97 Å². The molecule has 1 aliphatic heterocycles. The molecule has 0 amide bonds. The molecule has 28 heavy (non-hydrogen) atoms. The van der Waals surface area contributed by atoms with Gasteiger partial charge in [0.15, 0.2) is 5.13 Å². The van der Waals surface area contributed by atoms with Crippen LogP contribution in [0.2, 0.25) is 0 Å². The fourth-order valence-electron chi connectivity index (χ4n) is 5.93. The summed E-state index contributed by atoms with van der Waals surface area (Å²) >= 11 is 1.81. The van der Waals surface area contributed by atoms with Gasteiger partial charge in [0.05, 0.1) is 11.6 Å². The summed E-state index contributed by atoms with van der Waals surface area (Å²) in [5, 5.41) is 4.53. The summed E-state index contributed by atoms with van der Waals surface area (Å²) in [7, 11) is 0. The molecule has 2 aromatic rings. The Morgan fingerprint density at radius 1 is 1.25 bits per heavy atom. The van der Waals surface area contributed by atoms with Gasteiger partial charge in [-0.25, -0.2) is 4.98 Å². The van der Waals surface area contributed by atoms with Crippen LogP contribution in [-0.4, -0.2) is 17.1 Å². The Morgan fingerprint density at radius 3 is 2.82 bits per heavy atom. The Balaban J connectivity index is 1.41. The van der Waals surface area contributed by atoms with Gasteiger partial charge < -0.3 is 10.1 Å². The minimum Gasteiger partial charge on any atom is -0.461 e. The quantitative estimate of drug-likeness (QED) is 0.741. The standard InChI is InChI=1S/C23H28N2O2S/c1-13-16-9-10-23(3)11-17-19(14(2)18(23)20(16)27-21(13)26)25-22(28-17)24-12-15-7-5-4-6-8-15/h4-8,13-14,16,18,20H,9-12H2,1-3H3,(H,24,25). The molecule has 0 bridgehead atoms. The zero-order valence-corrected chi connectivity index (χ0v) is 17.6. The smallest absolute Gasteiger partial charge is 0.309 e. The van der Waals surface area contributed by atoms with Crippen molar-refractivity contribution < 1.29 is 9.53 Å². The maximum atomic E-state index is 12.2. The third-order valence-corrected chi connectivity index (χ3v) is 8.47. The summed E-state index contributed by atoms with van der Waals surface area (Å²) in [6.45, 7) is 7.53. The molecular weight excluding hydrogens is 368 g/mol. The lowest BCUT2D eigenvalue weighted by atomic mass is 9.54. The van der Waals surface area contributed by atoms with E-state index in [1.165, 1.54) is 22.6 Å². The normalized spacial score (nSPS) is 36.2. The van der Waals surface area contributed by atoms with E-state index in [0.29, 0.717) is 17.8 Å². The number of hydrogen-bond acceptors (Lipinski definition) is 5. The lowest BCUT2D eigenvalue weighted by Crippen LogP contribution is -2.50. The maximum Gasteiger partial charge on any atom is 0.309 e. The van der Waals surface area contributed by atoms with Crippen LogP contribution >= 0.6 is 11.3 Å². The van der Waals surface area contributed by atoms with Gasteiger partial charge in [0.2, 0.25) is 0 Å². The zero-order chi connectivity index (χ0) is 19.5. The number of nitrogens with one attached hydrogen (secondary N) is 1. The molecule has 1 aromatic carbocycles. The van der Waals surface area contributed by atoms with E-state index < -0.39 is 0 Å².